The molecular weight excluding hydrogens is 863 g/mol. The van der Waals surface area contributed by atoms with Crippen molar-refractivity contribution in [2.75, 3.05) is 36.9 Å². The Morgan fingerprint density at radius 2 is 1.34 bits per heavy atom. The molecule has 2 amide bonds. The van der Waals surface area contributed by atoms with Crippen molar-refractivity contribution in [2.24, 2.45) is 5.73 Å². The van der Waals surface area contributed by atoms with E-state index in [0.717, 1.165) is 12.7 Å². The number of hydrogen-bond acceptors (Lipinski definition) is 17. The van der Waals surface area contributed by atoms with Gasteiger partial charge in [0.2, 0.25) is 0 Å². The quantitative estimate of drug-likeness (QED) is 0.0547. The lowest BCUT2D eigenvalue weighted by atomic mass is 10.1. The predicted molar refractivity (Wildman–Crippen MR) is 219 cm³/mol. The Balaban J connectivity index is 1.00. The second-order valence-corrected chi connectivity index (χ2v) is 15.9. The molecule has 22 nitrogen and oxygen atoms in total. The van der Waals surface area contributed by atoms with Gasteiger partial charge in [0, 0.05) is 24.2 Å². The first kappa shape index (κ1) is 44.1. The summed E-state index contributed by atoms with van der Waals surface area (Å²) in [5, 5.41) is 17.1. The number of fused-ring (bicyclic) bond motifs is 2. The van der Waals surface area contributed by atoms with Gasteiger partial charge in [-0.05, 0) is 24.3 Å². The number of carbonyl (C=O) groups is 3. The number of alkyl halides is 2. The van der Waals surface area contributed by atoms with Gasteiger partial charge in [0.05, 0.1) is 31.8 Å². The minimum absolute atomic E-state index is 0.0391. The third kappa shape index (κ3) is 9.09. The molecule has 332 valence electrons. The van der Waals surface area contributed by atoms with E-state index in [4.69, 9.17) is 29.0 Å². The minimum atomic E-state index is -4.66. The number of aldehydes is 1. The number of ether oxygens (including phenoxy) is 3. The molecule has 25 heteroatoms. The number of amides is 2. The summed E-state index contributed by atoms with van der Waals surface area (Å²) in [6.45, 7) is -1.81. The van der Waals surface area contributed by atoms with Crippen LogP contribution in [0.2, 0.25) is 0 Å². The van der Waals surface area contributed by atoms with Gasteiger partial charge in [0.1, 0.15) is 50.0 Å². The smallest absolute Gasteiger partial charge is 0.365 e. The number of carbonyl (C=O) groups excluding carboxylic acids is 3. The van der Waals surface area contributed by atoms with Crippen LogP contribution in [0.5, 0.6) is 0 Å². The molecule has 6 aromatic rings. The van der Waals surface area contributed by atoms with Crippen LogP contribution in [-0.4, -0.2) is 120 Å². The summed E-state index contributed by atoms with van der Waals surface area (Å²) in [6, 6.07) is 18.6. The van der Waals surface area contributed by atoms with E-state index in [9.17, 15) is 24.2 Å². The van der Waals surface area contributed by atoms with Crippen molar-refractivity contribution in [1.29, 1.82) is 5.26 Å². The van der Waals surface area contributed by atoms with E-state index < -0.39 is 88.5 Å². The van der Waals surface area contributed by atoms with Crippen molar-refractivity contribution >= 4 is 59.8 Å². The van der Waals surface area contributed by atoms with Crippen molar-refractivity contribution in [3.8, 4) is 6.07 Å². The van der Waals surface area contributed by atoms with Gasteiger partial charge < -0.3 is 35.4 Å². The maximum atomic E-state index is 16.7. The molecule has 2 aliphatic heterocycles. The number of nitrogens with two attached hydrogens (primary N) is 1. The fourth-order valence-electron chi connectivity index (χ4n) is 7.15. The maximum Gasteiger partial charge on any atom is 0.406 e. The van der Waals surface area contributed by atoms with E-state index in [2.05, 4.69) is 45.6 Å². The molecule has 2 aromatic carbocycles. The van der Waals surface area contributed by atoms with Crippen LogP contribution in [0.25, 0.3) is 22.3 Å². The number of rotatable bonds is 18. The van der Waals surface area contributed by atoms with Crippen molar-refractivity contribution in [3.05, 3.63) is 97.1 Å². The van der Waals surface area contributed by atoms with Crippen LogP contribution >= 0.6 is 7.75 Å². The fraction of sp³-hybridized carbons (Fsp3) is 0.333. The summed E-state index contributed by atoms with van der Waals surface area (Å²) in [6.07, 6.45) is -7.79. The fourth-order valence-corrected chi connectivity index (χ4v) is 8.68. The molecule has 2 aliphatic rings. The average Bonchev–Trinajstić information content (AvgIpc) is 4.09. The highest BCUT2D eigenvalue weighted by Crippen LogP contribution is 2.50. The average molecular weight is 902 g/mol. The van der Waals surface area contributed by atoms with Crippen molar-refractivity contribution in [3.63, 3.8) is 0 Å². The predicted octanol–water partition coefficient (Wildman–Crippen LogP) is 3.20. The number of nitrogens with zero attached hydrogens (tertiary/aromatic N) is 9. The zero-order valence-corrected chi connectivity index (χ0v) is 34.2. The Morgan fingerprint density at radius 3 is 1.86 bits per heavy atom. The van der Waals surface area contributed by atoms with Gasteiger partial charge in [-0.3, -0.25) is 27.8 Å². The van der Waals surface area contributed by atoms with Gasteiger partial charge in [-0.15, -0.1) is 0 Å². The van der Waals surface area contributed by atoms with E-state index in [1.807, 2.05) is 6.07 Å². The van der Waals surface area contributed by atoms with Crippen LogP contribution in [0.15, 0.2) is 86.0 Å². The molecule has 0 saturated carbocycles. The third-order valence-corrected chi connectivity index (χ3v) is 11.8. The Bertz CT molecular complexity index is 2710. The van der Waals surface area contributed by atoms with E-state index in [0.29, 0.717) is 17.4 Å². The highest BCUT2D eigenvalue weighted by molar-refractivity contribution is 7.51. The summed E-state index contributed by atoms with van der Waals surface area (Å²) >= 11 is 0. The van der Waals surface area contributed by atoms with E-state index in [-0.39, 0.29) is 46.9 Å². The van der Waals surface area contributed by atoms with Crippen LogP contribution in [0.1, 0.15) is 39.6 Å². The molecule has 4 aromatic heterocycles. The number of hydrogen-bond donors (Lipinski definition) is 4. The Hall–Kier alpha value is -6.55. The van der Waals surface area contributed by atoms with Crippen molar-refractivity contribution in [1.82, 2.24) is 44.1 Å². The number of aromatic nitrogens is 8. The van der Waals surface area contributed by atoms with Crippen LogP contribution < -0.4 is 21.5 Å². The molecular formula is C39H38F2N13O9P. The lowest BCUT2D eigenvalue weighted by Crippen LogP contribution is -2.40. The Kier molecular flexibility index (Phi) is 13.4. The van der Waals surface area contributed by atoms with Gasteiger partial charge in [-0.1, -0.05) is 36.4 Å². The molecule has 8 rings (SSSR count). The summed E-state index contributed by atoms with van der Waals surface area (Å²) in [4.78, 5) is 62.5. The second-order valence-electron chi connectivity index (χ2n) is 14.1. The lowest BCUT2D eigenvalue weighted by molar-refractivity contribution is -0.115. The second kappa shape index (κ2) is 19.5. The highest BCUT2D eigenvalue weighted by atomic mass is 31.2. The molecule has 6 heterocycles. The highest BCUT2D eigenvalue weighted by Gasteiger charge is 2.52. The summed E-state index contributed by atoms with van der Waals surface area (Å²) < 4.78 is 79.0. The summed E-state index contributed by atoms with van der Waals surface area (Å²) in [7, 11) is -4.66. The number of halogens is 2. The molecule has 5 N–H and O–H groups in total. The molecule has 2 saturated heterocycles. The van der Waals surface area contributed by atoms with Gasteiger partial charge in [-0.2, -0.15) is 5.26 Å². The molecule has 1 unspecified atom stereocenters. The lowest BCUT2D eigenvalue weighted by Gasteiger charge is -2.27. The first-order valence-electron chi connectivity index (χ1n) is 19.6. The molecule has 0 radical (unpaired) electrons. The van der Waals surface area contributed by atoms with E-state index in [1.165, 1.54) is 21.8 Å². The maximum absolute atomic E-state index is 16.7. The van der Waals surface area contributed by atoms with Crippen LogP contribution in [0, 0.1) is 11.3 Å². The molecule has 0 aliphatic carbocycles. The first-order valence-corrected chi connectivity index (χ1v) is 21.1. The normalized spacial score (nSPS) is 24.0. The third-order valence-electron chi connectivity index (χ3n) is 10.1. The number of benzene rings is 2. The van der Waals surface area contributed by atoms with Crippen molar-refractivity contribution in [2.45, 2.75) is 55.6 Å². The number of imidazole rings is 2. The summed E-state index contributed by atoms with van der Waals surface area (Å²) in [5.41, 5.74) is 7.08. The molecule has 2 fully saturated rings. The van der Waals surface area contributed by atoms with E-state index in [1.54, 1.807) is 60.7 Å². The van der Waals surface area contributed by atoms with Crippen LogP contribution in [-0.2, 0) is 32.6 Å². The minimum Gasteiger partial charge on any atom is -0.365 e. The monoisotopic (exact) mass is 901 g/mol. The largest absolute Gasteiger partial charge is 0.406 e. The molecule has 9 atom stereocenters. The van der Waals surface area contributed by atoms with Crippen LogP contribution in [0.4, 0.5) is 20.4 Å². The Labute approximate surface area is 361 Å². The zero-order chi connectivity index (χ0) is 44.8. The number of anilines is 2. The first-order chi connectivity index (χ1) is 31.1. The van der Waals surface area contributed by atoms with Gasteiger partial charge in [0.25, 0.3) is 11.8 Å². The topological polar surface area (TPSA) is 288 Å². The Morgan fingerprint density at radius 1 is 0.812 bits per heavy atom. The van der Waals surface area contributed by atoms with Gasteiger partial charge in [0.15, 0.2) is 58.8 Å². The molecule has 0 spiro atoms. The molecule has 64 heavy (non-hydrogen) atoms. The van der Waals surface area contributed by atoms with E-state index >= 15 is 8.78 Å². The zero-order valence-electron chi connectivity index (χ0n) is 33.3. The van der Waals surface area contributed by atoms with Crippen molar-refractivity contribution < 1.29 is 51.0 Å². The number of nitrogens with one attached hydrogen (secondary N) is 3. The van der Waals surface area contributed by atoms with Crippen LogP contribution in [0.3, 0.4) is 0 Å². The molecule has 0 bridgehead atoms. The van der Waals surface area contributed by atoms with Gasteiger partial charge >= 0.3 is 7.75 Å². The summed E-state index contributed by atoms with van der Waals surface area (Å²) in [5.74, 6) is -0.868. The van der Waals surface area contributed by atoms with Gasteiger partial charge in [-0.25, -0.2) is 48.3 Å². The standard InChI is InChI=1S/C39H38F2N13O9P/c40-26-30(59-15-13-55)25(62-38(26)53-20-48-28-32(44-18-46-34(28)53)51-36(56)22-8-3-1-4-9-22)17-50-64(58,60-14-7-12-42)63-31-24(16-43)61-39(27(31)41)54-21-49-29-33(45-19-47-35(29)54)52-37(57)23-10-5-2-6-11-23/h1-6,8-11,13,18-21,24-27,30-31,38-39H,7,14-17,43H2,(H,50,58)(H,44,46,51,56)(H,45,47,52,57)/t24-,25-,26-,27-,30-,31-,38-,39-,64?/m1/s1. The number of nitriles is 1. The SMILES string of the molecule is N#CCCOP(=O)(NC[C@H]1O[C@@H](n2cnc3c(NC(=O)c4ccccc4)ncnc32)[C@H](F)[C@@H]1OCC=O)O[C@H]1[C@@H](F)[C@H](n2cnc3c(NC(=O)c4ccccc4)ncnc32)O[C@@H]1CN.